The van der Waals surface area contributed by atoms with Crippen molar-refractivity contribution in [3.05, 3.63) is 17.3 Å². The smallest absolute Gasteiger partial charge is 0.506 e. The Balaban J connectivity index is 3.43. The monoisotopic (exact) mass is 295 g/mol. The van der Waals surface area contributed by atoms with E-state index in [-0.39, 0.29) is 0 Å². The lowest BCUT2D eigenvalue weighted by atomic mass is 10.1. The van der Waals surface area contributed by atoms with Crippen molar-refractivity contribution >= 4 is 11.6 Å². The first kappa shape index (κ1) is 14.7. The van der Waals surface area contributed by atoms with Crippen LogP contribution >= 0.6 is 11.6 Å². The van der Waals surface area contributed by atoms with E-state index in [0.717, 1.165) is 0 Å². The highest BCUT2D eigenvalue weighted by atomic mass is 35.5. The fourth-order valence-corrected chi connectivity index (χ4v) is 1.40. The van der Waals surface area contributed by atoms with Gasteiger partial charge in [-0.2, -0.15) is 13.2 Å². The summed E-state index contributed by atoms with van der Waals surface area (Å²) in [5.74, 6) is -3.52. The van der Waals surface area contributed by atoms with Crippen molar-refractivity contribution in [3.63, 3.8) is 0 Å². The van der Waals surface area contributed by atoms with Crippen LogP contribution in [0.2, 0.25) is 0 Å². The minimum atomic E-state index is -5.34. The molecule has 0 unspecified atom stereocenters. The summed E-state index contributed by atoms with van der Waals surface area (Å²) in [4.78, 5) is 2.77. The molecule has 0 bridgehead atoms. The molecule has 0 saturated heterocycles. The SMILES string of the molecule is Oc1cnc(OC(F)(F)F)c(C(F)(F)F)c1CCl. The second-order valence-electron chi connectivity index (χ2n) is 2.98. The standard InChI is InChI=1S/C8H4ClF6NO2/c9-1-3-4(17)2-16-6(18-8(13,14)15)5(3)7(10,11)12/h2,17H,1H2. The van der Waals surface area contributed by atoms with Crippen LogP contribution in [0.15, 0.2) is 6.20 Å². The highest BCUT2D eigenvalue weighted by Gasteiger charge is 2.43. The Hall–Kier alpha value is -1.38. The van der Waals surface area contributed by atoms with Gasteiger partial charge in [-0.05, 0) is 0 Å². The van der Waals surface area contributed by atoms with Gasteiger partial charge in [0, 0.05) is 5.56 Å². The van der Waals surface area contributed by atoms with Gasteiger partial charge in [-0.1, -0.05) is 0 Å². The summed E-state index contributed by atoms with van der Waals surface area (Å²) < 4.78 is 76.7. The predicted molar refractivity (Wildman–Crippen MR) is 47.1 cm³/mol. The molecule has 1 aromatic heterocycles. The molecule has 1 N–H and O–H groups in total. The minimum absolute atomic E-state index is 0.397. The lowest BCUT2D eigenvalue weighted by Crippen LogP contribution is -2.22. The van der Waals surface area contributed by atoms with Gasteiger partial charge in [0.2, 0.25) is 5.88 Å². The zero-order chi connectivity index (χ0) is 14.1. The third kappa shape index (κ3) is 3.31. The Morgan fingerprint density at radius 2 is 1.78 bits per heavy atom. The number of pyridine rings is 1. The van der Waals surface area contributed by atoms with Crippen LogP contribution in [0.5, 0.6) is 11.6 Å². The zero-order valence-electron chi connectivity index (χ0n) is 8.23. The molecule has 102 valence electrons. The van der Waals surface area contributed by atoms with Crippen molar-refractivity contribution in [2.75, 3.05) is 0 Å². The Morgan fingerprint density at radius 3 is 2.17 bits per heavy atom. The van der Waals surface area contributed by atoms with E-state index in [4.69, 9.17) is 16.7 Å². The van der Waals surface area contributed by atoms with Gasteiger partial charge >= 0.3 is 12.5 Å². The van der Waals surface area contributed by atoms with E-state index >= 15 is 0 Å². The van der Waals surface area contributed by atoms with Crippen molar-refractivity contribution < 1.29 is 36.2 Å². The van der Waals surface area contributed by atoms with Crippen LogP contribution < -0.4 is 4.74 Å². The fraction of sp³-hybridized carbons (Fsp3) is 0.375. The van der Waals surface area contributed by atoms with Gasteiger partial charge in [0.25, 0.3) is 0 Å². The molecule has 0 aliphatic carbocycles. The maximum atomic E-state index is 12.6. The van der Waals surface area contributed by atoms with Gasteiger partial charge in [-0.3, -0.25) is 0 Å². The number of nitrogens with zero attached hydrogens (tertiary/aromatic N) is 1. The third-order valence-electron chi connectivity index (χ3n) is 1.76. The van der Waals surface area contributed by atoms with E-state index in [1.165, 1.54) is 0 Å². The van der Waals surface area contributed by atoms with Gasteiger partial charge in [0.15, 0.2) is 0 Å². The average molecular weight is 296 g/mol. The summed E-state index contributed by atoms with van der Waals surface area (Å²) in [6.45, 7) is 0. The van der Waals surface area contributed by atoms with Crippen LogP contribution in [-0.4, -0.2) is 16.5 Å². The van der Waals surface area contributed by atoms with E-state index in [0.29, 0.717) is 6.20 Å². The van der Waals surface area contributed by atoms with Crippen molar-refractivity contribution in [3.8, 4) is 11.6 Å². The molecule has 3 nitrogen and oxygen atoms in total. The lowest BCUT2D eigenvalue weighted by Gasteiger charge is -2.17. The van der Waals surface area contributed by atoms with Gasteiger partial charge in [0.05, 0.1) is 12.1 Å². The average Bonchev–Trinajstić information content (AvgIpc) is 2.16. The first-order chi connectivity index (χ1) is 8.06. The largest absolute Gasteiger partial charge is 0.574 e. The summed E-state index contributed by atoms with van der Waals surface area (Å²) in [5, 5.41) is 9.09. The van der Waals surface area contributed by atoms with Crippen LogP contribution in [0.4, 0.5) is 26.3 Å². The number of aromatic nitrogens is 1. The summed E-state index contributed by atoms with van der Waals surface area (Å²) in [5.41, 5.74) is -2.78. The molecule has 0 radical (unpaired) electrons. The molecule has 10 heteroatoms. The first-order valence-corrected chi connectivity index (χ1v) is 4.69. The number of halogens is 7. The number of hydrogen-bond donors (Lipinski definition) is 1. The van der Waals surface area contributed by atoms with E-state index in [9.17, 15) is 26.3 Å². The Kier molecular flexibility index (Phi) is 3.84. The molecule has 0 fully saturated rings. The quantitative estimate of drug-likeness (QED) is 0.671. The van der Waals surface area contributed by atoms with Crippen molar-refractivity contribution in [2.24, 2.45) is 0 Å². The van der Waals surface area contributed by atoms with Gasteiger partial charge in [0.1, 0.15) is 11.3 Å². The Labute approximate surface area is 101 Å². The maximum Gasteiger partial charge on any atom is 0.574 e. The molecule has 0 aliphatic rings. The Bertz CT molecular complexity index is 444. The highest BCUT2D eigenvalue weighted by Crippen LogP contribution is 2.42. The van der Waals surface area contributed by atoms with E-state index in [1.54, 1.807) is 0 Å². The number of aromatic hydroxyl groups is 1. The molecular formula is C8H4ClF6NO2. The van der Waals surface area contributed by atoms with Crippen molar-refractivity contribution in [1.82, 2.24) is 4.98 Å². The van der Waals surface area contributed by atoms with E-state index < -0.39 is 41.2 Å². The van der Waals surface area contributed by atoms with Crippen LogP contribution in [0.25, 0.3) is 0 Å². The van der Waals surface area contributed by atoms with Crippen LogP contribution in [0.1, 0.15) is 11.1 Å². The number of hydrogen-bond acceptors (Lipinski definition) is 3. The molecule has 0 amide bonds. The molecule has 0 atom stereocenters. The van der Waals surface area contributed by atoms with Crippen LogP contribution in [-0.2, 0) is 12.1 Å². The first-order valence-electron chi connectivity index (χ1n) is 4.16. The molecule has 0 spiro atoms. The minimum Gasteiger partial charge on any atom is -0.506 e. The number of alkyl halides is 7. The molecule has 0 saturated carbocycles. The maximum absolute atomic E-state index is 12.6. The normalized spacial score (nSPS) is 12.6. The van der Waals surface area contributed by atoms with Gasteiger partial charge in [-0.25, -0.2) is 4.98 Å². The summed E-state index contributed by atoms with van der Waals surface area (Å²) in [7, 11) is 0. The molecule has 18 heavy (non-hydrogen) atoms. The number of rotatable bonds is 2. The lowest BCUT2D eigenvalue weighted by molar-refractivity contribution is -0.278. The van der Waals surface area contributed by atoms with Crippen LogP contribution in [0.3, 0.4) is 0 Å². The second-order valence-corrected chi connectivity index (χ2v) is 3.25. The molecule has 1 aromatic rings. The highest BCUT2D eigenvalue weighted by molar-refractivity contribution is 6.17. The van der Waals surface area contributed by atoms with Gasteiger partial charge in [-0.15, -0.1) is 24.8 Å². The Morgan fingerprint density at radius 1 is 1.22 bits per heavy atom. The molecule has 1 rings (SSSR count). The third-order valence-corrected chi connectivity index (χ3v) is 2.03. The van der Waals surface area contributed by atoms with Crippen molar-refractivity contribution in [1.29, 1.82) is 0 Å². The molecule has 1 heterocycles. The molecular weight excluding hydrogens is 292 g/mol. The van der Waals surface area contributed by atoms with Crippen molar-refractivity contribution in [2.45, 2.75) is 18.4 Å². The number of ether oxygens (including phenoxy) is 1. The topological polar surface area (TPSA) is 42.4 Å². The molecule has 0 aromatic carbocycles. The summed E-state index contributed by atoms with van der Waals surface area (Å²) in [6.07, 6.45) is -10.1. The summed E-state index contributed by atoms with van der Waals surface area (Å²) >= 11 is 5.16. The zero-order valence-corrected chi connectivity index (χ0v) is 8.99. The summed E-state index contributed by atoms with van der Waals surface area (Å²) in [6, 6.07) is 0. The second kappa shape index (κ2) is 4.71. The van der Waals surface area contributed by atoms with Crippen LogP contribution in [0, 0.1) is 0 Å². The van der Waals surface area contributed by atoms with Gasteiger partial charge < -0.3 is 9.84 Å². The van der Waals surface area contributed by atoms with E-state index in [1.807, 2.05) is 0 Å². The fourth-order valence-electron chi connectivity index (χ4n) is 1.13. The van der Waals surface area contributed by atoms with E-state index in [2.05, 4.69) is 9.72 Å². The predicted octanol–water partition coefficient (Wildman–Crippen LogP) is 3.44. The molecule has 0 aliphatic heterocycles.